The predicted molar refractivity (Wildman–Crippen MR) is 82.4 cm³/mol. The summed E-state index contributed by atoms with van der Waals surface area (Å²) in [6.45, 7) is 1.03. The molecule has 0 fully saturated rings. The minimum Gasteiger partial charge on any atom is -0.494 e. The second-order valence-corrected chi connectivity index (χ2v) is 5.49. The van der Waals surface area contributed by atoms with Crippen molar-refractivity contribution in [3.8, 4) is 5.75 Å². The van der Waals surface area contributed by atoms with Gasteiger partial charge >= 0.3 is 0 Å². The first-order valence-corrected chi connectivity index (χ1v) is 7.32. The molecule has 0 amide bonds. The molecule has 0 saturated carbocycles. The van der Waals surface area contributed by atoms with Crippen molar-refractivity contribution in [2.24, 2.45) is 5.73 Å². The Balaban J connectivity index is 1.89. The zero-order chi connectivity index (χ0) is 14.4. The van der Waals surface area contributed by atoms with Gasteiger partial charge in [0.15, 0.2) is 0 Å². The van der Waals surface area contributed by atoms with Crippen LogP contribution < -0.4 is 10.5 Å². The summed E-state index contributed by atoms with van der Waals surface area (Å²) in [5.41, 5.74) is 6.69. The molecule has 2 nitrogen and oxygen atoms in total. The molecular formula is C16H17BrFNO. The highest BCUT2D eigenvalue weighted by Gasteiger charge is 2.10. The smallest absolute Gasteiger partial charge is 0.123 e. The van der Waals surface area contributed by atoms with Crippen molar-refractivity contribution in [1.82, 2.24) is 0 Å². The molecular weight excluding hydrogens is 321 g/mol. The third-order valence-electron chi connectivity index (χ3n) is 3.15. The highest BCUT2D eigenvalue weighted by Crippen LogP contribution is 2.21. The maximum absolute atomic E-state index is 13.2. The molecule has 2 rings (SSSR count). The first-order valence-electron chi connectivity index (χ1n) is 6.53. The fraction of sp³-hybridized carbons (Fsp3) is 0.250. The molecule has 0 bridgehead atoms. The lowest BCUT2D eigenvalue weighted by Gasteiger charge is -2.15. The third-order valence-corrected chi connectivity index (χ3v) is 3.68. The van der Waals surface area contributed by atoms with Gasteiger partial charge in [0.1, 0.15) is 11.6 Å². The number of benzene rings is 2. The van der Waals surface area contributed by atoms with Gasteiger partial charge in [0, 0.05) is 4.47 Å². The molecule has 0 aliphatic rings. The molecule has 106 valence electrons. The minimum atomic E-state index is -0.227. The summed E-state index contributed by atoms with van der Waals surface area (Å²) in [6.07, 6.45) is 0.760. The molecule has 4 heteroatoms. The van der Waals surface area contributed by atoms with Crippen LogP contribution in [0.2, 0.25) is 0 Å². The monoisotopic (exact) mass is 337 g/mol. The lowest BCUT2D eigenvalue weighted by atomic mass is 9.96. The third kappa shape index (κ3) is 4.32. The number of hydrogen-bond donors (Lipinski definition) is 1. The molecule has 2 aromatic rings. The van der Waals surface area contributed by atoms with Gasteiger partial charge in [-0.2, -0.15) is 0 Å². The first kappa shape index (κ1) is 15.0. The molecule has 2 N–H and O–H groups in total. The maximum Gasteiger partial charge on any atom is 0.123 e. The summed E-state index contributed by atoms with van der Waals surface area (Å²) in [5, 5.41) is 0. The molecule has 0 radical (unpaired) electrons. The Hall–Kier alpha value is -1.39. The van der Waals surface area contributed by atoms with Crippen LogP contribution >= 0.6 is 15.9 Å². The van der Waals surface area contributed by atoms with Crippen molar-refractivity contribution < 1.29 is 9.13 Å². The van der Waals surface area contributed by atoms with Gasteiger partial charge < -0.3 is 10.5 Å². The fourth-order valence-corrected chi connectivity index (χ4v) is 2.30. The van der Waals surface area contributed by atoms with Gasteiger partial charge in [0.2, 0.25) is 0 Å². The van der Waals surface area contributed by atoms with E-state index in [-0.39, 0.29) is 11.7 Å². The largest absolute Gasteiger partial charge is 0.494 e. The number of halogens is 2. The molecule has 0 heterocycles. The second kappa shape index (κ2) is 7.41. The maximum atomic E-state index is 13.2. The summed E-state index contributed by atoms with van der Waals surface area (Å²) >= 11 is 3.38. The van der Waals surface area contributed by atoms with Crippen LogP contribution in [-0.2, 0) is 0 Å². The van der Waals surface area contributed by atoms with E-state index in [0.717, 1.165) is 22.2 Å². The van der Waals surface area contributed by atoms with E-state index in [1.807, 2.05) is 30.3 Å². The topological polar surface area (TPSA) is 35.2 Å². The van der Waals surface area contributed by atoms with Gasteiger partial charge in [-0.25, -0.2) is 4.39 Å². The summed E-state index contributed by atoms with van der Waals surface area (Å²) in [7, 11) is 0. The van der Waals surface area contributed by atoms with E-state index in [1.54, 1.807) is 6.07 Å². The van der Waals surface area contributed by atoms with Crippen LogP contribution in [0.4, 0.5) is 4.39 Å². The van der Waals surface area contributed by atoms with Crippen molar-refractivity contribution in [3.05, 3.63) is 64.4 Å². The molecule has 2 aromatic carbocycles. The molecule has 0 aliphatic heterocycles. The first-order chi connectivity index (χ1) is 9.69. The number of hydrogen-bond acceptors (Lipinski definition) is 2. The Morgan fingerprint density at radius 1 is 1.15 bits per heavy atom. The van der Waals surface area contributed by atoms with Crippen LogP contribution in [0.25, 0.3) is 0 Å². The van der Waals surface area contributed by atoms with E-state index in [9.17, 15) is 4.39 Å². The second-order valence-electron chi connectivity index (χ2n) is 4.58. The standard InChI is InChI=1S/C16H17BrFNO/c17-14-4-6-16(7-5-14)20-9-8-13(11-19)12-2-1-3-15(18)10-12/h1-7,10,13H,8-9,11,19H2. The lowest BCUT2D eigenvalue weighted by Crippen LogP contribution is -2.15. The van der Waals surface area contributed by atoms with Crippen LogP contribution in [0.5, 0.6) is 5.75 Å². The Morgan fingerprint density at radius 3 is 2.55 bits per heavy atom. The number of rotatable bonds is 6. The van der Waals surface area contributed by atoms with Crippen molar-refractivity contribution in [3.63, 3.8) is 0 Å². The fourth-order valence-electron chi connectivity index (χ4n) is 2.03. The van der Waals surface area contributed by atoms with E-state index in [2.05, 4.69) is 15.9 Å². The van der Waals surface area contributed by atoms with Gasteiger partial charge in [0.05, 0.1) is 6.61 Å². The van der Waals surface area contributed by atoms with E-state index >= 15 is 0 Å². The van der Waals surface area contributed by atoms with Gasteiger partial charge in [-0.1, -0.05) is 28.1 Å². The molecule has 1 atom stereocenters. The van der Waals surface area contributed by atoms with Crippen LogP contribution in [0.15, 0.2) is 53.0 Å². The molecule has 0 aromatic heterocycles. The van der Waals surface area contributed by atoms with Gasteiger partial charge in [-0.05, 0) is 60.8 Å². The van der Waals surface area contributed by atoms with Crippen LogP contribution in [0.1, 0.15) is 17.9 Å². The average molecular weight is 338 g/mol. The molecule has 0 saturated heterocycles. The van der Waals surface area contributed by atoms with Crippen molar-refractivity contribution in [2.75, 3.05) is 13.2 Å². The quantitative estimate of drug-likeness (QED) is 0.861. The summed E-state index contributed by atoms with van der Waals surface area (Å²) in [5.74, 6) is 0.708. The van der Waals surface area contributed by atoms with Crippen LogP contribution in [0.3, 0.4) is 0 Å². The predicted octanol–water partition coefficient (Wildman–Crippen LogP) is 4.10. The molecule has 20 heavy (non-hydrogen) atoms. The van der Waals surface area contributed by atoms with Crippen molar-refractivity contribution in [2.45, 2.75) is 12.3 Å². The highest BCUT2D eigenvalue weighted by atomic mass is 79.9. The van der Waals surface area contributed by atoms with Gasteiger partial charge in [0.25, 0.3) is 0 Å². The Morgan fingerprint density at radius 2 is 1.90 bits per heavy atom. The van der Waals surface area contributed by atoms with E-state index < -0.39 is 0 Å². The Kier molecular flexibility index (Phi) is 5.56. The molecule has 0 spiro atoms. The highest BCUT2D eigenvalue weighted by molar-refractivity contribution is 9.10. The van der Waals surface area contributed by atoms with E-state index in [0.29, 0.717) is 13.2 Å². The summed E-state index contributed by atoms with van der Waals surface area (Å²) in [6, 6.07) is 14.3. The SMILES string of the molecule is NCC(CCOc1ccc(Br)cc1)c1cccc(F)c1. The summed E-state index contributed by atoms with van der Waals surface area (Å²) < 4.78 is 19.9. The number of ether oxygens (including phenoxy) is 1. The summed E-state index contributed by atoms with van der Waals surface area (Å²) in [4.78, 5) is 0. The van der Waals surface area contributed by atoms with Crippen molar-refractivity contribution >= 4 is 15.9 Å². The average Bonchev–Trinajstić information content (AvgIpc) is 2.45. The van der Waals surface area contributed by atoms with Crippen LogP contribution in [0, 0.1) is 5.82 Å². The van der Waals surface area contributed by atoms with Crippen molar-refractivity contribution in [1.29, 1.82) is 0 Å². The Labute approximate surface area is 126 Å². The van der Waals surface area contributed by atoms with Gasteiger partial charge in [-0.15, -0.1) is 0 Å². The van der Waals surface area contributed by atoms with Gasteiger partial charge in [-0.3, -0.25) is 0 Å². The molecule has 1 unspecified atom stereocenters. The van der Waals surface area contributed by atoms with E-state index in [1.165, 1.54) is 12.1 Å². The van der Waals surface area contributed by atoms with Crippen LogP contribution in [-0.4, -0.2) is 13.2 Å². The zero-order valence-electron chi connectivity index (χ0n) is 11.1. The lowest BCUT2D eigenvalue weighted by molar-refractivity contribution is 0.298. The Bertz CT molecular complexity index is 544. The van der Waals surface area contributed by atoms with E-state index in [4.69, 9.17) is 10.5 Å². The minimum absolute atomic E-state index is 0.112. The molecule has 0 aliphatic carbocycles. The normalized spacial score (nSPS) is 12.2. The number of nitrogens with two attached hydrogens (primary N) is 1. The zero-order valence-corrected chi connectivity index (χ0v) is 12.6.